The maximum atomic E-state index is 13.6. The first-order valence-corrected chi connectivity index (χ1v) is 9.38. The standard InChI is InChI=1S/C23H26O/c1-3-14-23(21-13-11-17-6-4-5-7-19(17)21)15-18-10-8-16(2)9-12-20(18)22(23)24/h4-10,12,16,21H,3,11,13-15H2,1-2H3/t16-,21?,23?/m0/s1. The van der Waals surface area contributed by atoms with Crippen LogP contribution in [0.1, 0.15) is 56.6 Å². The Balaban J connectivity index is 1.77. The molecule has 1 aromatic carbocycles. The van der Waals surface area contributed by atoms with Crippen molar-refractivity contribution in [2.24, 2.45) is 11.3 Å². The van der Waals surface area contributed by atoms with Crippen molar-refractivity contribution in [1.82, 2.24) is 0 Å². The molecule has 0 radical (unpaired) electrons. The molecule has 3 aliphatic carbocycles. The summed E-state index contributed by atoms with van der Waals surface area (Å²) in [6, 6.07) is 8.77. The molecule has 124 valence electrons. The zero-order valence-corrected chi connectivity index (χ0v) is 14.7. The second-order valence-electron chi connectivity index (χ2n) is 7.72. The summed E-state index contributed by atoms with van der Waals surface area (Å²) in [6.07, 6.45) is 13.9. The number of hydrogen-bond donors (Lipinski definition) is 0. The van der Waals surface area contributed by atoms with Gasteiger partial charge in [-0.15, -0.1) is 0 Å². The summed E-state index contributed by atoms with van der Waals surface area (Å²) in [5.41, 5.74) is 4.90. The molecule has 1 aromatic rings. The van der Waals surface area contributed by atoms with Crippen molar-refractivity contribution >= 4 is 5.78 Å². The number of ketones is 1. The number of benzene rings is 1. The number of hydrogen-bond acceptors (Lipinski definition) is 1. The molecule has 0 aromatic heterocycles. The molecule has 0 heterocycles. The van der Waals surface area contributed by atoms with Crippen LogP contribution < -0.4 is 0 Å². The minimum atomic E-state index is -0.221. The van der Waals surface area contributed by atoms with Gasteiger partial charge in [-0.2, -0.15) is 0 Å². The van der Waals surface area contributed by atoms with Crippen molar-refractivity contribution < 1.29 is 4.79 Å². The van der Waals surface area contributed by atoms with Crippen LogP contribution in [0.25, 0.3) is 0 Å². The summed E-state index contributed by atoms with van der Waals surface area (Å²) < 4.78 is 0. The molecular weight excluding hydrogens is 292 g/mol. The number of carbonyl (C=O) groups is 1. The lowest BCUT2D eigenvalue weighted by Crippen LogP contribution is -2.34. The summed E-state index contributed by atoms with van der Waals surface area (Å²) in [5.74, 6) is 1.19. The van der Waals surface area contributed by atoms with Crippen LogP contribution >= 0.6 is 0 Å². The molecule has 2 unspecified atom stereocenters. The van der Waals surface area contributed by atoms with Gasteiger partial charge in [-0.25, -0.2) is 0 Å². The van der Waals surface area contributed by atoms with Crippen LogP contribution in [0, 0.1) is 11.3 Å². The third kappa shape index (κ3) is 2.25. The lowest BCUT2D eigenvalue weighted by Gasteiger charge is -2.35. The van der Waals surface area contributed by atoms with Gasteiger partial charge in [0.25, 0.3) is 0 Å². The number of allylic oxidation sites excluding steroid dienone is 6. The maximum absolute atomic E-state index is 13.6. The predicted molar refractivity (Wildman–Crippen MR) is 98.9 cm³/mol. The Kier molecular flexibility index (Phi) is 3.83. The van der Waals surface area contributed by atoms with Crippen molar-refractivity contribution in [2.75, 3.05) is 0 Å². The molecule has 24 heavy (non-hydrogen) atoms. The second kappa shape index (κ2) is 5.88. The van der Waals surface area contributed by atoms with Crippen LogP contribution in [0.5, 0.6) is 0 Å². The molecule has 1 nitrogen and oxygen atoms in total. The van der Waals surface area contributed by atoms with Crippen molar-refractivity contribution in [1.29, 1.82) is 0 Å². The Morgan fingerprint density at radius 3 is 2.79 bits per heavy atom. The Hall–Kier alpha value is -1.89. The summed E-state index contributed by atoms with van der Waals surface area (Å²) >= 11 is 0. The zero-order chi connectivity index (χ0) is 16.7. The van der Waals surface area contributed by atoms with E-state index in [4.69, 9.17) is 0 Å². The highest BCUT2D eigenvalue weighted by molar-refractivity contribution is 6.07. The highest BCUT2D eigenvalue weighted by atomic mass is 16.1. The molecule has 0 spiro atoms. The summed E-state index contributed by atoms with van der Waals surface area (Å²) in [4.78, 5) is 13.6. The summed E-state index contributed by atoms with van der Waals surface area (Å²) in [6.45, 7) is 4.39. The van der Waals surface area contributed by atoms with Gasteiger partial charge >= 0.3 is 0 Å². The Morgan fingerprint density at radius 2 is 1.96 bits per heavy atom. The molecule has 0 saturated heterocycles. The van der Waals surface area contributed by atoms with Crippen molar-refractivity contribution in [3.63, 3.8) is 0 Å². The molecular formula is C23H26O. The van der Waals surface area contributed by atoms with Gasteiger partial charge in [0.1, 0.15) is 0 Å². The highest BCUT2D eigenvalue weighted by Crippen LogP contribution is 2.56. The molecule has 0 bridgehead atoms. The van der Waals surface area contributed by atoms with E-state index in [-0.39, 0.29) is 5.41 Å². The van der Waals surface area contributed by atoms with E-state index in [1.165, 1.54) is 16.7 Å². The summed E-state index contributed by atoms with van der Waals surface area (Å²) in [7, 11) is 0. The highest BCUT2D eigenvalue weighted by Gasteiger charge is 2.52. The normalized spacial score (nSPS) is 31.3. The number of Topliss-reactive ketones (excluding diaryl/α,β-unsaturated/α-hetero) is 1. The minimum absolute atomic E-state index is 0.221. The smallest absolute Gasteiger partial charge is 0.170 e. The van der Waals surface area contributed by atoms with Crippen molar-refractivity contribution in [3.05, 3.63) is 70.8 Å². The van der Waals surface area contributed by atoms with Crippen molar-refractivity contribution in [2.45, 2.75) is 51.9 Å². The van der Waals surface area contributed by atoms with Crippen LogP contribution in [0.2, 0.25) is 0 Å². The average Bonchev–Trinajstić information content (AvgIpc) is 3.06. The Bertz CT molecular complexity index is 764. The largest absolute Gasteiger partial charge is 0.294 e. The fraction of sp³-hybridized carbons (Fsp3) is 0.435. The number of rotatable bonds is 3. The van der Waals surface area contributed by atoms with Gasteiger partial charge in [0.05, 0.1) is 0 Å². The molecule has 3 atom stereocenters. The van der Waals surface area contributed by atoms with Crippen LogP contribution in [-0.2, 0) is 11.2 Å². The molecule has 0 saturated carbocycles. The lowest BCUT2D eigenvalue weighted by atomic mass is 9.66. The van der Waals surface area contributed by atoms with E-state index in [9.17, 15) is 4.79 Å². The fourth-order valence-electron chi connectivity index (χ4n) is 5.08. The zero-order valence-electron chi connectivity index (χ0n) is 14.7. The van der Waals surface area contributed by atoms with E-state index in [0.29, 0.717) is 17.6 Å². The number of fused-ring (bicyclic) bond motifs is 1. The van der Waals surface area contributed by atoms with Crippen LogP contribution in [0.15, 0.2) is 59.7 Å². The van der Waals surface area contributed by atoms with Gasteiger partial charge in [0.2, 0.25) is 0 Å². The minimum Gasteiger partial charge on any atom is -0.294 e. The van der Waals surface area contributed by atoms with E-state index in [0.717, 1.165) is 37.7 Å². The van der Waals surface area contributed by atoms with E-state index < -0.39 is 0 Å². The van der Waals surface area contributed by atoms with Gasteiger partial charge in [-0.05, 0) is 54.2 Å². The van der Waals surface area contributed by atoms with E-state index in [2.05, 4.69) is 62.4 Å². The summed E-state index contributed by atoms with van der Waals surface area (Å²) in [5, 5.41) is 0. The van der Waals surface area contributed by atoms with Crippen LogP contribution in [-0.4, -0.2) is 5.78 Å². The third-order valence-electron chi connectivity index (χ3n) is 6.21. The quantitative estimate of drug-likeness (QED) is 0.715. The molecule has 0 aliphatic heterocycles. The van der Waals surface area contributed by atoms with Gasteiger partial charge in [0, 0.05) is 11.0 Å². The first-order chi connectivity index (χ1) is 11.7. The molecule has 4 rings (SSSR count). The van der Waals surface area contributed by atoms with Gasteiger partial charge < -0.3 is 0 Å². The fourth-order valence-corrected chi connectivity index (χ4v) is 5.08. The first kappa shape index (κ1) is 15.6. The van der Waals surface area contributed by atoms with Crippen molar-refractivity contribution in [3.8, 4) is 0 Å². The van der Waals surface area contributed by atoms with Crippen LogP contribution in [0.3, 0.4) is 0 Å². The van der Waals surface area contributed by atoms with E-state index >= 15 is 0 Å². The monoisotopic (exact) mass is 318 g/mol. The van der Waals surface area contributed by atoms with E-state index in [1.807, 2.05) is 0 Å². The topological polar surface area (TPSA) is 17.1 Å². The van der Waals surface area contributed by atoms with Gasteiger partial charge in [0.15, 0.2) is 5.78 Å². The maximum Gasteiger partial charge on any atom is 0.170 e. The third-order valence-corrected chi connectivity index (χ3v) is 6.21. The first-order valence-electron chi connectivity index (χ1n) is 9.38. The lowest BCUT2D eigenvalue weighted by molar-refractivity contribution is -0.125. The second-order valence-corrected chi connectivity index (χ2v) is 7.72. The van der Waals surface area contributed by atoms with Crippen LogP contribution in [0.4, 0.5) is 0 Å². The number of carbonyl (C=O) groups excluding carboxylic acids is 1. The SMILES string of the molecule is CCCC1(C2CCc3ccccc32)CC2=C(C=C[C@@H](C)C=C2)C1=O. The molecule has 0 fully saturated rings. The molecule has 3 aliphatic rings. The average molecular weight is 318 g/mol. The van der Waals surface area contributed by atoms with Gasteiger partial charge in [-0.1, -0.05) is 68.8 Å². The number of aryl methyl sites for hydroxylation is 1. The molecule has 0 N–H and O–H groups in total. The molecule has 0 amide bonds. The van der Waals surface area contributed by atoms with E-state index in [1.54, 1.807) is 0 Å². The van der Waals surface area contributed by atoms with Gasteiger partial charge in [-0.3, -0.25) is 4.79 Å². The Labute approximate surface area is 145 Å². The molecule has 1 heteroatoms. The Morgan fingerprint density at radius 1 is 1.17 bits per heavy atom. The predicted octanol–water partition coefficient (Wildman–Crippen LogP) is 5.53.